The van der Waals surface area contributed by atoms with E-state index >= 15 is 0 Å². The number of hydrogen-bond acceptors (Lipinski definition) is 1. The maximum absolute atomic E-state index is 6.23. The van der Waals surface area contributed by atoms with Crippen LogP contribution in [0, 0.1) is 5.92 Å². The summed E-state index contributed by atoms with van der Waals surface area (Å²) in [4.78, 5) is 0. The second kappa shape index (κ2) is 7.00. The molecule has 0 fully saturated rings. The maximum Gasteiger partial charge on any atom is 0.0781 e. The molecule has 0 aromatic heterocycles. The highest BCUT2D eigenvalue weighted by atomic mass is 35.5. The number of benzene rings is 1. The highest BCUT2D eigenvalue weighted by molar-refractivity contribution is 6.48. The first-order valence-corrected chi connectivity index (χ1v) is 7.35. The summed E-state index contributed by atoms with van der Waals surface area (Å²) in [6.07, 6.45) is 1.13. The fraction of sp³-hybridized carbons (Fsp3) is 0.571. The fourth-order valence-corrected chi connectivity index (χ4v) is 2.87. The van der Waals surface area contributed by atoms with Gasteiger partial charge in [0.25, 0.3) is 0 Å². The molecule has 0 amide bonds. The highest BCUT2D eigenvalue weighted by Gasteiger charge is 2.16. The van der Waals surface area contributed by atoms with Gasteiger partial charge in [-0.25, -0.2) is 0 Å². The molecule has 1 N–H and O–H groups in total. The van der Waals surface area contributed by atoms with Crippen LogP contribution in [0.4, 0.5) is 0 Å². The van der Waals surface area contributed by atoms with Crippen LogP contribution in [-0.4, -0.2) is 6.04 Å². The molecule has 1 aromatic carbocycles. The first kappa shape index (κ1) is 16.1. The zero-order chi connectivity index (χ0) is 13.9. The molecule has 2 atom stereocenters. The monoisotopic (exact) mass is 307 g/mol. The largest absolute Gasteiger partial charge is 0.308 e. The normalized spacial score (nSPS) is 14.9. The van der Waals surface area contributed by atoms with E-state index in [9.17, 15) is 0 Å². The lowest BCUT2D eigenvalue weighted by Gasteiger charge is -2.23. The van der Waals surface area contributed by atoms with Gasteiger partial charge in [0.1, 0.15) is 0 Å². The molecule has 0 saturated heterocycles. The molecule has 0 heterocycles. The predicted molar refractivity (Wildman–Crippen MR) is 81.9 cm³/mol. The molecule has 4 heteroatoms. The van der Waals surface area contributed by atoms with E-state index in [-0.39, 0.29) is 6.04 Å². The first-order valence-electron chi connectivity index (χ1n) is 6.22. The van der Waals surface area contributed by atoms with Crippen molar-refractivity contribution in [3.05, 3.63) is 32.8 Å². The summed E-state index contributed by atoms with van der Waals surface area (Å²) in [5.74, 6) is 0.670. The van der Waals surface area contributed by atoms with Gasteiger partial charge >= 0.3 is 0 Å². The van der Waals surface area contributed by atoms with Crippen molar-refractivity contribution in [3.63, 3.8) is 0 Å². The van der Waals surface area contributed by atoms with Crippen LogP contribution in [0.3, 0.4) is 0 Å². The second-order valence-corrected chi connectivity index (χ2v) is 6.35. The number of nitrogens with one attached hydrogen (secondary N) is 1. The average Bonchev–Trinajstić information content (AvgIpc) is 2.24. The van der Waals surface area contributed by atoms with Gasteiger partial charge in [-0.1, -0.05) is 54.7 Å². The third-order valence-electron chi connectivity index (χ3n) is 2.89. The van der Waals surface area contributed by atoms with Crippen molar-refractivity contribution in [2.75, 3.05) is 0 Å². The molecule has 0 spiro atoms. The lowest BCUT2D eigenvalue weighted by atomic mass is 10.0. The molecule has 0 aliphatic carbocycles. The first-order chi connectivity index (χ1) is 8.32. The van der Waals surface area contributed by atoms with Crippen LogP contribution < -0.4 is 5.32 Å². The molecule has 0 saturated carbocycles. The Hall–Kier alpha value is 0.0500. The van der Waals surface area contributed by atoms with Gasteiger partial charge in [0.05, 0.1) is 15.1 Å². The summed E-state index contributed by atoms with van der Waals surface area (Å²) in [6.45, 7) is 8.70. The van der Waals surface area contributed by atoms with Gasteiger partial charge in [0.15, 0.2) is 0 Å². The van der Waals surface area contributed by atoms with Gasteiger partial charge in [-0.15, -0.1) is 0 Å². The average molecular weight is 309 g/mol. The van der Waals surface area contributed by atoms with Crippen LogP contribution in [0.25, 0.3) is 0 Å². The quantitative estimate of drug-likeness (QED) is 0.685. The Labute approximate surface area is 125 Å². The van der Waals surface area contributed by atoms with Gasteiger partial charge in [-0.2, -0.15) is 0 Å². The summed E-state index contributed by atoms with van der Waals surface area (Å²) in [5.41, 5.74) is 0.988. The Kier molecular flexibility index (Phi) is 6.26. The van der Waals surface area contributed by atoms with E-state index in [2.05, 4.69) is 33.0 Å². The van der Waals surface area contributed by atoms with E-state index in [0.29, 0.717) is 27.0 Å². The van der Waals surface area contributed by atoms with Crippen LogP contribution in [0.2, 0.25) is 15.1 Å². The molecule has 0 bridgehead atoms. The third kappa shape index (κ3) is 4.31. The summed E-state index contributed by atoms with van der Waals surface area (Å²) < 4.78 is 0. The van der Waals surface area contributed by atoms with Crippen molar-refractivity contribution in [2.24, 2.45) is 5.92 Å². The van der Waals surface area contributed by atoms with Crippen LogP contribution in [0.5, 0.6) is 0 Å². The Morgan fingerprint density at radius 1 is 1.00 bits per heavy atom. The van der Waals surface area contributed by atoms with Crippen molar-refractivity contribution in [2.45, 2.75) is 46.2 Å². The minimum absolute atomic E-state index is 0.154. The molecule has 18 heavy (non-hydrogen) atoms. The van der Waals surface area contributed by atoms with E-state index in [1.807, 2.05) is 6.07 Å². The number of rotatable bonds is 5. The van der Waals surface area contributed by atoms with Gasteiger partial charge in [-0.05, 0) is 37.8 Å². The smallest absolute Gasteiger partial charge is 0.0781 e. The SMILES string of the molecule is CC(C)CC(C)NC(C)c1ccc(Cl)c(Cl)c1Cl. The second-order valence-electron chi connectivity index (χ2n) is 5.18. The molecule has 1 nitrogen and oxygen atoms in total. The zero-order valence-electron chi connectivity index (χ0n) is 11.2. The van der Waals surface area contributed by atoms with Crippen LogP contribution in [0.1, 0.15) is 45.7 Å². The van der Waals surface area contributed by atoms with Gasteiger partial charge in [-0.3, -0.25) is 0 Å². The summed E-state index contributed by atoms with van der Waals surface area (Å²) in [6, 6.07) is 4.30. The van der Waals surface area contributed by atoms with E-state index < -0.39 is 0 Å². The number of hydrogen-bond donors (Lipinski definition) is 1. The molecular formula is C14H20Cl3N. The van der Waals surface area contributed by atoms with E-state index in [4.69, 9.17) is 34.8 Å². The molecule has 102 valence electrons. The molecule has 1 aromatic rings. The summed E-state index contributed by atoms with van der Waals surface area (Å²) in [5, 5.41) is 5.00. The van der Waals surface area contributed by atoms with Crippen molar-refractivity contribution < 1.29 is 0 Å². The van der Waals surface area contributed by atoms with E-state index in [1.54, 1.807) is 6.07 Å². The Morgan fingerprint density at radius 3 is 2.17 bits per heavy atom. The van der Waals surface area contributed by atoms with Crippen LogP contribution in [0.15, 0.2) is 12.1 Å². The zero-order valence-corrected chi connectivity index (χ0v) is 13.5. The summed E-state index contributed by atoms with van der Waals surface area (Å²) in [7, 11) is 0. The van der Waals surface area contributed by atoms with Crippen LogP contribution >= 0.6 is 34.8 Å². The minimum atomic E-state index is 0.154. The molecule has 2 unspecified atom stereocenters. The van der Waals surface area contributed by atoms with Gasteiger partial charge < -0.3 is 5.32 Å². The van der Waals surface area contributed by atoms with Gasteiger partial charge in [0.2, 0.25) is 0 Å². The summed E-state index contributed by atoms with van der Waals surface area (Å²) >= 11 is 18.2. The van der Waals surface area contributed by atoms with E-state index in [1.165, 1.54) is 0 Å². The molecule has 1 rings (SSSR count). The maximum atomic E-state index is 6.23. The molecule has 0 aliphatic heterocycles. The Morgan fingerprint density at radius 2 is 1.61 bits per heavy atom. The topological polar surface area (TPSA) is 12.0 Å². The number of halogens is 3. The van der Waals surface area contributed by atoms with E-state index in [0.717, 1.165) is 12.0 Å². The standard InChI is InChI=1S/C14H20Cl3N/c1-8(2)7-9(3)18-10(4)11-5-6-12(15)14(17)13(11)16/h5-6,8-10,18H,7H2,1-4H3. The highest BCUT2D eigenvalue weighted by Crippen LogP contribution is 2.35. The lowest BCUT2D eigenvalue weighted by Crippen LogP contribution is -2.30. The lowest BCUT2D eigenvalue weighted by molar-refractivity contribution is 0.407. The Bertz CT molecular complexity index is 404. The fourth-order valence-electron chi connectivity index (χ4n) is 2.17. The van der Waals surface area contributed by atoms with Crippen molar-refractivity contribution in [1.82, 2.24) is 5.32 Å². The molecule has 0 aliphatic rings. The van der Waals surface area contributed by atoms with Crippen LogP contribution in [-0.2, 0) is 0 Å². The molecule has 0 radical (unpaired) electrons. The van der Waals surface area contributed by atoms with Gasteiger partial charge in [0, 0.05) is 12.1 Å². The molecular weight excluding hydrogens is 289 g/mol. The predicted octanol–water partition coefficient (Wildman–Crippen LogP) is 5.73. The van der Waals surface area contributed by atoms with Crippen molar-refractivity contribution >= 4 is 34.8 Å². The Balaban J connectivity index is 2.78. The van der Waals surface area contributed by atoms with Crippen molar-refractivity contribution in [1.29, 1.82) is 0 Å². The van der Waals surface area contributed by atoms with Crippen molar-refractivity contribution in [3.8, 4) is 0 Å². The minimum Gasteiger partial charge on any atom is -0.308 e. The third-order valence-corrected chi connectivity index (χ3v) is 4.20.